The molecule has 1 aromatic carbocycles. The molecular formula is C23H37IN4O3. The number of likely N-dealkylation sites (tertiary alicyclic amines) is 1. The molecule has 2 unspecified atom stereocenters. The van der Waals surface area contributed by atoms with Crippen LogP contribution in [0.15, 0.2) is 35.3 Å². The van der Waals surface area contributed by atoms with Crippen LogP contribution in [0.3, 0.4) is 0 Å². The van der Waals surface area contributed by atoms with Crippen molar-refractivity contribution >= 4 is 35.8 Å². The number of rotatable bonds is 12. The van der Waals surface area contributed by atoms with Crippen molar-refractivity contribution in [1.29, 1.82) is 0 Å². The molecule has 1 aromatic rings. The zero-order chi connectivity index (χ0) is 21.2. The van der Waals surface area contributed by atoms with Gasteiger partial charge in [-0.05, 0) is 37.7 Å². The summed E-state index contributed by atoms with van der Waals surface area (Å²) in [6.45, 7) is 6.35. The third-order valence-corrected chi connectivity index (χ3v) is 5.53. The van der Waals surface area contributed by atoms with Gasteiger partial charge in [0.15, 0.2) is 5.96 Å². The minimum Gasteiger partial charge on any atom is -0.389 e. The van der Waals surface area contributed by atoms with Crippen molar-refractivity contribution in [3.8, 4) is 0 Å². The third kappa shape index (κ3) is 9.74. The Labute approximate surface area is 203 Å². The van der Waals surface area contributed by atoms with E-state index in [1.54, 1.807) is 0 Å². The maximum Gasteiger partial charge on any atom is 0.223 e. The third-order valence-electron chi connectivity index (χ3n) is 5.53. The molecule has 31 heavy (non-hydrogen) atoms. The Morgan fingerprint density at radius 3 is 2.74 bits per heavy atom. The van der Waals surface area contributed by atoms with Gasteiger partial charge in [-0.1, -0.05) is 30.3 Å². The lowest BCUT2D eigenvalue weighted by Crippen LogP contribution is -2.41. The van der Waals surface area contributed by atoms with Gasteiger partial charge in [-0.15, -0.1) is 24.0 Å². The highest BCUT2D eigenvalue weighted by molar-refractivity contribution is 14.0. The van der Waals surface area contributed by atoms with Gasteiger partial charge < -0.3 is 25.4 Å². The molecule has 3 rings (SSSR count). The van der Waals surface area contributed by atoms with Crippen LogP contribution >= 0.6 is 24.0 Å². The molecule has 1 amide bonds. The molecule has 174 valence electrons. The predicted molar refractivity (Wildman–Crippen MR) is 134 cm³/mol. The van der Waals surface area contributed by atoms with Gasteiger partial charge in [-0.2, -0.15) is 0 Å². The van der Waals surface area contributed by atoms with Crippen molar-refractivity contribution in [3.63, 3.8) is 0 Å². The minimum atomic E-state index is -0.597. The van der Waals surface area contributed by atoms with E-state index >= 15 is 0 Å². The zero-order valence-electron chi connectivity index (χ0n) is 18.5. The molecular weight excluding hydrogens is 507 g/mol. The number of carbonyl (C=O) groups is 1. The first-order chi connectivity index (χ1) is 14.6. The number of aliphatic hydroxyl groups is 1. The average molecular weight is 544 g/mol. The first kappa shape index (κ1) is 25.9. The van der Waals surface area contributed by atoms with Gasteiger partial charge in [0.25, 0.3) is 0 Å². The summed E-state index contributed by atoms with van der Waals surface area (Å²) >= 11 is 0. The second-order valence-electron chi connectivity index (χ2n) is 8.38. The maximum absolute atomic E-state index is 12.3. The van der Waals surface area contributed by atoms with E-state index in [2.05, 4.69) is 27.8 Å². The lowest BCUT2D eigenvalue weighted by molar-refractivity contribution is -0.127. The van der Waals surface area contributed by atoms with Gasteiger partial charge in [-0.25, -0.2) is 0 Å². The summed E-state index contributed by atoms with van der Waals surface area (Å²) in [6.07, 6.45) is 3.35. The number of benzene rings is 1. The number of halogens is 1. The highest BCUT2D eigenvalue weighted by Crippen LogP contribution is 2.28. The number of ether oxygens (including phenoxy) is 1. The molecule has 2 atom stereocenters. The number of carbonyl (C=O) groups excluding carboxylic acids is 1. The predicted octanol–water partition coefficient (Wildman–Crippen LogP) is 2.04. The fraction of sp³-hybridized carbons (Fsp3) is 0.652. The maximum atomic E-state index is 12.3. The second-order valence-corrected chi connectivity index (χ2v) is 8.38. The molecule has 1 aliphatic carbocycles. The van der Waals surface area contributed by atoms with Crippen LogP contribution in [0.1, 0.15) is 31.7 Å². The number of guanidine groups is 1. The van der Waals surface area contributed by atoms with Crippen LogP contribution in [0.2, 0.25) is 0 Å². The lowest BCUT2D eigenvalue weighted by atomic mass is 10.1. The summed E-state index contributed by atoms with van der Waals surface area (Å²) in [4.78, 5) is 18.8. The Bertz CT molecular complexity index is 685. The van der Waals surface area contributed by atoms with Gasteiger partial charge in [0.2, 0.25) is 5.91 Å². The van der Waals surface area contributed by atoms with Crippen LogP contribution < -0.4 is 10.6 Å². The van der Waals surface area contributed by atoms with E-state index in [0.717, 1.165) is 32.7 Å². The summed E-state index contributed by atoms with van der Waals surface area (Å²) in [6, 6.07) is 10.3. The van der Waals surface area contributed by atoms with Crippen LogP contribution in [-0.2, 0) is 16.0 Å². The number of aliphatic hydroxyl groups excluding tert-OH is 1. The number of amides is 1. The molecule has 1 saturated heterocycles. The average Bonchev–Trinajstić information content (AvgIpc) is 3.50. The van der Waals surface area contributed by atoms with E-state index < -0.39 is 6.10 Å². The number of aliphatic imine (C=N–C) groups is 1. The summed E-state index contributed by atoms with van der Waals surface area (Å²) in [5.74, 6) is 1.86. The number of hydrogen-bond donors (Lipinski definition) is 3. The first-order valence-corrected chi connectivity index (χ1v) is 11.2. The van der Waals surface area contributed by atoms with Crippen molar-refractivity contribution < 1.29 is 14.6 Å². The van der Waals surface area contributed by atoms with Gasteiger partial charge in [0, 0.05) is 45.1 Å². The molecule has 2 fully saturated rings. The van der Waals surface area contributed by atoms with E-state index in [4.69, 9.17) is 4.74 Å². The summed E-state index contributed by atoms with van der Waals surface area (Å²) < 4.78 is 5.53. The number of hydrogen-bond acceptors (Lipinski definition) is 4. The Kier molecular flexibility index (Phi) is 11.6. The van der Waals surface area contributed by atoms with E-state index in [-0.39, 0.29) is 35.8 Å². The standard InChI is InChI=1S/C23H36N4O3.HI/c1-2-24-23(26-14-21(28)17-30-16-19-8-9-19)25-13-20-12-22(29)27(15-20)11-10-18-6-4-3-5-7-18;/h3-7,19-21,28H,2,8-17H2,1H3,(H2,24,25,26);1H. The van der Waals surface area contributed by atoms with Crippen molar-refractivity contribution in [2.75, 3.05) is 45.9 Å². The normalized spacial score (nSPS) is 19.8. The van der Waals surface area contributed by atoms with E-state index in [0.29, 0.717) is 38.0 Å². The summed E-state index contributed by atoms with van der Waals surface area (Å²) in [5, 5.41) is 16.6. The van der Waals surface area contributed by atoms with Crippen molar-refractivity contribution in [2.45, 2.75) is 38.7 Å². The fourth-order valence-electron chi connectivity index (χ4n) is 3.60. The summed E-state index contributed by atoms with van der Waals surface area (Å²) in [7, 11) is 0. The van der Waals surface area contributed by atoms with E-state index in [1.807, 2.05) is 30.0 Å². The molecule has 0 radical (unpaired) electrons. The monoisotopic (exact) mass is 544 g/mol. The van der Waals surface area contributed by atoms with E-state index in [1.165, 1.54) is 18.4 Å². The van der Waals surface area contributed by atoms with Gasteiger partial charge in [0.05, 0.1) is 19.3 Å². The number of nitrogens with one attached hydrogen (secondary N) is 2. The molecule has 2 aliphatic rings. The van der Waals surface area contributed by atoms with E-state index in [9.17, 15) is 9.90 Å². The van der Waals surface area contributed by atoms with Crippen LogP contribution in [0.25, 0.3) is 0 Å². The SMILES string of the molecule is CCNC(=NCC(O)COCC1CC1)NCC1CC(=O)N(CCc2ccccc2)C1.I. The Hall–Kier alpha value is -1.39. The van der Waals surface area contributed by atoms with Crippen molar-refractivity contribution in [3.05, 3.63) is 35.9 Å². The summed E-state index contributed by atoms with van der Waals surface area (Å²) in [5.41, 5.74) is 1.26. The lowest BCUT2D eigenvalue weighted by Gasteiger charge is -2.18. The largest absolute Gasteiger partial charge is 0.389 e. The molecule has 3 N–H and O–H groups in total. The van der Waals surface area contributed by atoms with Gasteiger partial charge in [0.1, 0.15) is 0 Å². The molecule has 7 nitrogen and oxygen atoms in total. The van der Waals surface area contributed by atoms with Gasteiger partial charge in [-0.3, -0.25) is 9.79 Å². The van der Waals surface area contributed by atoms with Crippen LogP contribution in [0, 0.1) is 11.8 Å². The number of nitrogens with zero attached hydrogens (tertiary/aromatic N) is 2. The van der Waals surface area contributed by atoms with Gasteiger partial charge >= 0.3 is 0 Å². The quantitative estimate of drug-likeness (QED) is 0.213. The topological polar surface area (TPSA) is 86.2 Å². The molecule has 8 heteroatoms. The Morgan fingerprint density at radius 1 is 1.26 bits per heavy atom. The Morgan fingerprint density at radius 2 is 2.03 bits per heavy atom. The molecule has 1 saturated carbocycles. The van der Waals surface area contributed by atoms with Crippen LogP contribution in [0.4, 0.5) is 0 Å². The molecule has 0 spiro atoms. The minimum absolute atomic E-state index is 0. The second kappa shape index (κ2) is 13.9. The molecule has 0 bridgehead atoms. The fourth-order valence-corrected chi connectivity index (χ4v) is 3.60. The highest BCUT2D eigenvalue weighted by atomic mass is 127. The van der Waals surface area contributed by atoms with Crippen molar-refractivity contribution in [1.82, 2.24) is 15.5 Å². The molecule has 1 aliphatic heterocycles. The van der Waals surface area contributed by atoms with Crippen LogP contribution in [-0.4, -0.2) is 73.9 Å². The van der Waals surface area contributed by atoms with Crippen molar-refractivity contribution in [2.24, 2.45) is 16.8 Å². The smallest absolute Gasteiger partial charge is 0.223 e. The first-order valence-electron chi connectivity index (χ1n) is 11.2. The Balaban J connectivity index is 0.00000341. The highest BCUT2D eigenvalue weighted by Gasteiger charge is 2.29. The molecule has 1 heterocycles. The molecule has 0 aromatic heterocycles. The zero-order valence-corrected chi connectivity index (χ0v) is 20.8. The van der Waals surface area contributed by atoms with Crippen LogP contribution in [0.5, 0.6) is 0 Å².